The van der Waals surface area contributed by atoms with E-state index >= 15 is 0 Å². The maximum Gasteiger partial charge on any atom is 0.407 e. The molecule has 0 spiro atoms. The summed E-state index contributed by atoms with van der Waals surface area (Å²) >= 11 is 0. The van der Waals surface area contributed by atoms with Crippen molar-refractivity contribution in [3.05, 3.63) is 162 Å². The van der Waals surface area contributed by atoms with Crippen molar-refractivity contribution in [2.75, 3.05) is 6.54 Å². The molecule has 5 aromatic carbocycles. The Labute approximate surface area is 264 Å². The summed E-state index contributed by atoms with van der Waals surface area (Å²) < 4.78 is 2.33. The third kappa shape index (κ3) is 4.98. The van der Waals surface area contributed by atoms with Gasteiger partial charge in [-0.1, -0.05) is 129 Å². The van der Waals surface area contributed by atoms with E-state index in [-0.39, 0.29) is 6.04 Å². The maximum absolute atomic E-state index is 12.1. The van der Waals surface area contributed by atoms with Crippen LogP contribution in [-0.4, -0.2) is 32.2 Å². The minimum absolute atomic E-state index is 0.118. The van der Waals surface area contributed by atoms with Crippen molar-refractivity contribution >= 4 is 17.1 Å². The Kier molecular flexibility index (Phi) is 7.46. The van der Waals surface area contributed by atoms with Crippen molar-refractivity contribution in [3.63, 3.8) is 0 Å². The predicted octanol–water partition coefficient (Wildman–Crippen LogP) is 9.17. The number of amides is 1. The molecule has 6 aromatic rings. The van der Waals surface area contributed by atoms with E-state index in [1.807, 2.05) is 6.33 Å². The number of benzene rings is 5. The van der Waals surface area contributed by atoms with Crippen LogP contribution in [0.2, 0.25) is 0 Å². The van der Waals surface area contributed by atoms with Crippen LogP contribution in [0.4, 0.5) is 4.79 Å². The molecule has 0 fully saturated rings. The smallest absolute Gasteiger partial charge is 0.407 e. The first-order valence-electron chi connectivity index (χ1n) is 15.7. The first-order valence-corrected chi connectivity index (χ1v) is 15.7. The number of carbonyl (C=O) groups is 1. The topological polar surface area (TPSA) is 58.4 Å². The summed E-state index contributed by atoms with van der Waals surface area (Å²) in [6.07, 6.45) is 2.66. The molecule has 1 atom stereocenters. The van der Waals surface area contributed by atoms with Crippen LogP contribution in [0.5, 0.6) is 0 Å². The van der Waals surface area contributed by atoms with Gasteiger partial charge in [-0.25, -0.2) is 9.78 Å². The number of hydrogen-bond donors (Lipinski definition) is 1. The van der Waals surface area contributed by atoms with Gasteiger partial charge in [0.1, 0.15) is 5.54 Å². The Balaban J connectivity index is 1.41. The molecule has 1 amide bonds. The van der Waals surface area contributed by atoms with Crippen molar-refractivity contribution < 1.29 is 9.90 Å². The van der Waals surface area contributed by atoms with Gasteiger partial charge in [-0.2, -0.15) is 0 Å². The summed E-state index contributed by atoms with van der Waals surface area (Å²) in [6.45, 7) is 4.82. The van der Waals surface area contributed by atoms with Crippen LogP contribution in [0.3, 0.4) is 0 Å². The van der Waals surface area contributed by atoms with Crippen LogP contribution in [0.25, 0.3) is 22.2 Å². The molecule has 1 aromatic heterocycles. The van der Waals surface area contributed by atoms with Gasteiger partial charge < -0.3 is 14.6 Å². The fraction of sp³-hybridized carbons (Fsp3) is 0.200. The van der Waals surface area contributed by atoms with Crippen molar-refractivity contribution in [2.24, 2.45) is 5.92 Å². The second-order valence-corrected chi connectivity index (χ2v) is 12.4. The Morgan fingerprint density at radius 2 is 1.36 bits per heavy atom. The summed E-state index contributed by atoms with van der Waals surface area (Å²) in [4.78, 5) is 18.6. The SMILES string of the molecule is CC(C)CC1c2ccc(-c3ccc4ncn(C(c5ccccc5)(c5ccccc5)c5ccccc5)c4c3)cc2CCN1C(=O)O. The molecule has 1 unspecified atom stereocenters. The molecular formula is C40H37N3O2. The molecule has 1 N–H and O–H groups in total. The summed E-state index contributed by atoms with van der Waals surface area (Å²) in [5, 5.41) is 9.92. The van der Waals surface area contributed by atoms with E-state index in [9.17, 15) is 9.90 Å². The van der Waals surface area contributed by atoms with Gasteiger partial charge in [0.25, 0.3) is 0 Å². The van der Waals surface area contributed by atoms with Crippen molar-refractivity contribution in [1.82, 2.24) is 14.5 Å². The number of carboxylic acid groups (broad SMARTS) is 1. The summed E-state index contributed by atoms with van der Waals surface area (Å²) in [7, 11) is 0. The van der Waals surface area contributed by atoms with Gasteiger partial charge in [0, 0.05) is 6.54 Å². The summed E-state index contributed by atoms with van der Waals surface area (Å²) in [5.74, 6) is 0.393. The fourth-order valence-corrected chi connectivity index (χ4v) is 7.23. The maximum atomic E-state index is 12.1. The van der Waals surface area contributed by atoms with Crippen LogP contribution < -0.4 is 0 Å². The lowest BCUT2D eigenvalue weighted by atomic mass is 9.76. The standard InChI is InChI=1S/C40H37N3O2/c1-28(2)24-37-35-20-18-29(25-31(35)22-23-42(37)39(44)45)30-19-21-36-38(26-30)43(27-41-36)40(32-12-6-3-7-13-32,33-14-8-4-9-15-33)34-16-10-5-11-17-34/h3-21,25-28,37H,22-24H2,1-2H3,(H,44,45). The second-order valence-electron chi connectivity index (χ2n) is 12.4. The van der Waals surface area contributed by atoms with E-state index in [4.69, 9.17) is 4.98 Å². The molecule has 7 rings (SSSR count). The van der Waals surface area contributed by atoms with Gasteiger partial charge in [0.15, 0.2) is 0 Å². The zero-order valence-electron chi connectivity index (χ0n) is 25.7. The molecule has 45 heavy (non-hydrogen) atoms. The lowest BCUT2D eigenvalue weighted by Crippen LogP contribution is -2.39. The first-order chi connectivity index (χ1) is 22.0. The van der Waals surface area contributed by atoms with Crippen LogP contribution in [0.1, 0.15) is 54.1 Å². The Bertz CT molecular complexity index is 1850. The Morgan fingerprint density at radius 3 is 1.91 bits per heavy atom. The van der Waals surface area contributed by atoms with E-state index in [0.717, 1.165) is 50.8 Å². The highest BCUT2D eigenvalue weighted by Gasteiger charge is 2.39. The zero-order chi connectivity index (χ0) is 31.0. The van der Waals surface area contributed by atoms with Crippen molar-refractivity contribution in [2.45, 2.75) is 38.3 Å². The lowest BCUT2D eigenvalue weighted by molar-refractivity contribution is 0.113. The van der Waals surface area contributed by atoms with E-state index in [2.05, 4.69) is 146 Å². The van der Waals surface area contributed by atoms with Gasteiger partial charge in [-0.15, -0.1) is 0 Å². The average Bonchev–Trinajstić information content (AvgIpc) is 3.50. The number of rotatable bonds is 7. The average molecular weight is 592 g/mol. The van der Waals surface area contributed by atoms with E-state index in [1.165, 1.54) is 5.56 Å². The monoisotopic (exact) mass is 591 g/mol. The largest absolute Gasteiger partial charge is 0.465 e. The van der Waals surface area contributed by atoms with Gasteiger partial charge in [0.05, 0.1) is 23.4 Å². The van der Waals surface area contributed by atoms with E-state index in [0.29, 0.717) is 18.9 Å². The molecule has 224 valence electrons. The number of nitrogens with zero attached hydrogens (tertiary/aromatic N) is 3. The Morgan fingerprint density at radius 1 is 0.800 bits per heavy atom. The molecular weight excluding hydrogens is 554 g/mol. The second kappa shape index (κ2) is 11.7. The zero-order valence-corrected chi connectivity index (χ0v) is 25.7. The van der Waals surface area contributed by atoms with E-state index in [1.54, 1.807) is 4.90 Å². The predicted molar refractivity (Wildman–Crippen MR) is 180 cm³/mol. The van der Waals surface area contributed by atoms with Crippen molar-refractivity contribution in [3.8, 4) is 11.1 Å². The molecule has 0 radical (unpaired) electrons. The van der Waals surface area contributed by atoms with Crippen LogP contribution >= 0.6 is 0 Å². The summed E-state index contributed by atoms with van der Waals surface area (Å²) in [6, 6.07) is 45.0. The fourth-order valence-electron chi connectivity index (χ4n) is 7.23. The first kappa shape index (κ1) is 28.6. The molecule has 0 bridgehead atoms. The molecule has 1 aliphatic rings. The molecule has 0 saturated heterocycles. The van der Waals surface area contributed by atoms with Gasteiger partial charge in [0.2, 0.25) is 0 Å². The van der Waals surface area contributed by atoms with Crippen LogP contribution in [0.15, 0.2) is 134 Å². The lowest BCUT2D eigenvalue weighted by Gasteiger charge is -2.38. The normalized spacial score (nSPS) is 14.9. The molecule has 5 nitrogen and oxygen atoms in total. The van der Waals surface area contributed by atoms with E-state index < -0.39 is 11.6 Å². The summed E-state index contributed by atoms with van der Waals surface area (Å²) in [5.41, 5.74) is 9.36. The third-order valence-corrected chi connectivity index (χ3v) is 9.26. The molecule has 0 aliphatic carbocycles. The van der Waals surface area contributed by atoms with Crippen LogP contribution in [0, 0.1) is 5.92 Å². The minimum Gasteiger partial charge on any atom is -0.465 e. The van der Waals surface area contributed by atoms with Gasteiger partial charge in [-0.3, -0.25) is 0 Å². The highest BCUT2D eigenvalue weighted by atomic mass is 16.4. The highest BCUT2D eigenvalue weighted by molar-refractivity contribution is 5.83. The number of imidazole rings is 1. The molecule has 1 aliphatic heterocycles. The minimum atomic E-state index is -0.840. The van der Waals surface area contributed by atoms with Gasteiger partial charge >= 0.3 is 6.09 Å². The highest BCUT2D eigenvalue weighted by Crippen LogP contribution is 2.43. The molecule has 0 saturated carbocycles. The Hall–Kier alpha value is -5.16. The van der Waals surface area contributed by atoms with Crippen molar-refractivity contribution in [1.29, 1.82) is 0 Å². The third-order valence-electron chi connectivity index (χ3n) is 9.26. The quantitative estimate of drug-likeness (QED) is 0.188. The van der Waals surface area contributed by atoms with Crippen LogP contribution in [-0.2, 0) is 12.0 Å². The molecule has 2 heterocycles. The molecule has 5 heteroatoms. The number of fused-ring (bicyclic) bond motifs is 2. The number of aromatic nitrogens is 2. The number of hydrogen-bond acceptors (Lipinski definition) is 2. The van der Waals surface area contributed by atoms with Gasteiger partial charge in [-0.05, 0) is 69.8 Å².